The molecule has 3 rings (SSSR count). The van der Waals surface area contributed by atoms with Crippen molar-refractivity contribution in [3.63, 3.8) is 0 Å². The summed E-state index contributed by atoms with van der Waals surface area (Å²) < 4.78 is 5.64. The summed E-state index contributed by atoms with van der Waals surface area (Å²) in [6.45, 7) is 2.18. The van der Waals surface area contributed by atoms with Crippen molar-refractivity contribution < 1.29 is 14.0 Å². The fourth-order valence-electron chi connectivity index (χ4n) is 2.36. The van der Waals surface area contributed by atoms with Crippen molar-refractivity contribution in [1.29, 1.82) is 0 Å². The van der Waals surface area contributed by atoms with Crippen molar-refractivity contribution in [3.05, 3.63) is 58.8 Å². The van der Waals surface area contributed by atoms with Crippen LogP contribution >= 0.6 is 11.3 Å². The molecule has 134 valence electrons. The van der Waals surface area contributed by atoms with E-state index in [1.807, 2.05) is 29.6 Å². The summed E-state index contributed by atoms with van der Waals surface area (Å²) in [5.74, 6) is 1.04. The first kappa shape index (κ1) is 17.7. The summed E-state index contributed by atoms with van der Waals surface area (Å²) in [4.78, 5) is 28.3. The Morgan fingerprint density at radius 3 is 2.65 bits per heavy atom. The third kappa shape index (κ3) is 4.48. The van der Waals surface area contributed by atoms with Crippen LogP contribution in [-0.2, 0) is 17.8 Å². The van der Waals surface area contributed by atoms with Crippen LogP contribution in [0.1, 0.15) is 17.0 Å². The predicted octanol–water partition coefficient (Wildman–Crippen LogP) is 3.06. The Hall–Kier alpha value is -3.13. The standard InChI is InChI=1S/C18H18N4O3S/c1-11-14(22-17(25-11)15-3-2-8-26-15)9-16(23)20-10-12-4-6-13(7-5-12)21-18(19)24/h2-8H,9-10H2,1H3,(H,20,23)(H3,19,21,24). The Balaban J connectivity index is 1.55. The molecular formula is C18H18N4O3S. The lowest BCUT2D eigenvalue weighted by atomic mass is 10.2. The van der Waals surface area contributed by atoms with E-state index in [1.165, 1.54) is 11.3 Å². The Morgan fingerprint density at radius 1 is 1.23 bits per heavy atom. The SMILES string of the molecule is Cc1oc(-c2cccs2)nc1CC(=O)NCc1ccc(NC(N)=O)cc1. The van der Waals surface area contributed by atoms with Gasteiger partial charge in [-0.25, -0.2) is 9.78 Å². The van der Waals surface area contributed by atoms with Crippen LogP contribution in [0.3, 0.4) is 0 Å². The second-order valence-electron chi connectivity index (χ2n) is 5.64. The largest absolute Gasteiger partial charge is 0.440 e. The van der Waals surface area contributed by atoms with E-state index in [4.69, 9.17) is 10.2 Å². The Bertz CT molecular complexity index is 901. The zero-order valence-electron chi connectivity index (χ0n) is 14.1. The van der Waals surface area contributed by atoms with Crippen LogP contribution in [0.2, 0.25) is 0 Å². The van der Waals surface area contributed by atoms with E-state index in [-0.39, 0.29) is 12.3 Å². The van der Waals surface area contributed by atoms with Crippen LogP contribution in [0.5, 0.6) is 0 Å². The van der Waals surface area contributed by atoms with Crippen LogP contribution in [-0.4, -0.2) is 16.9 Å². The van der Waals surface area contributed by atoms with E-state index in [0.29, 0.717) is 29.6 Å². The highest BCUT2D eigenvalue weighted by atomic mass is 32.1. The number of hydrogen-bond acceptors (Lipinski definition) is 5. The van der Waals surface area contributed by atoms with Crippen molar-refractivity contribution in [1.82, 2.24) is 10.3 Å². The first-order chi connectivity index (χ1) is 12.5. The molecule has 0 radical (unpaired) electrons. The molecule has 0 aliphatic carbocycles. The molecule has 0 unspecified atom stereocenters. The van der Waals surface area contributed by atoms with Crippen molar-refractivity contribution >= 4 is 29.0 Å². The van der Waals surface area contributed by atoms with Crippen LogP contribution in [0.15, 0.2) is 46.2 Å². The molecule has 2 aromatic heterocycles. The number of nitrogens with one attached hydrogen (secondary N) is 2. The third-order valence-electron chi connectivity index (χ3n) is 3.66. The van der Waals surface area contributed by atoms with Crippen molar-refractivity contribution in [2.45, 2.75) is 19.9 Å². The number of thiophene rings is 1. The maximum Gasteiger partial charge on any atom is 0.316 e. The molecule has 8 heteroatoms. The molecule has 0 spiro atoms. The summed E-state index contributed by atoms with van der Waals surface area (Å²) in [5.41, 5.74) is 7.20. The van der Waals surface area contributed by atoms with Crippen molar-refractivity contribution in [2.75, 3.05) is 5.32 Å². The number of urea groups is 1. The lowest BCUT2D eigenvalue weighted by Gasteiger charge is -2.06. The van der Waals surface area contributed by atoms with E-state index < -0.39 is 6.03 Å². The maximum atomic E-state index is 12.2. The number of nitrogens with two attached hydrogens (primary N) is 1. The summed E-state index contributed by atoms with van der Waals surface area (Å²) in [6, 6.07) is 10.3. The number of carbonyl (C=O) groups is 2. The van der Waals surface area contributed by atoms with E-state index in [2.05, 4.69) is 15.6 Å². The molecule has 0 aliphatic heterocycles. The molecule has 0 bridgehead atoms. The molecule has 26 heavy (non-hydrogen) atoms. The fraction of sp³-hybridized carbons (Fsp3) is 0.167. The molecule has 3 amide bonds. The van der Waals surface area contributed by atoms with E-state index in [0.717, 1.165) is 10.4 Å². The monoisotopic (exact) mass is 370 g/mol. The van der Waals surface area contributed by atoms with E-state index in [9.17, 15) is 9.59 Å². The second-order valence-corrected chi connectivity index (χ2v) is 6.59. The number of hydrogen-bond donors (Lipinski definition) is 3. The van der Waals surface area contributed by atoms with Gasteiger partial charge >= 0.3 is 6.03 Å². The van der Waals surface area contributed by atoms with Gasteiger partial charge in [0, 0.05) is 12.2 Å². The van der Waals surface area contributed by atoms with Crippen molar-refractivity contribution in [3.8, 4) is 10.8 Å². The topological polar surface area (TPSA) is 110 Å². The number of aromatic nitrogens is 1. The van der Waals surface area contributed by atoms with Gasteiger partial charge in [0.1, 0.15) is 5.76 Å². The summed E-state index contributed by atoms with van der Waals surface area (Å²) >= 11 is 1.54. The predicted molar refractivity (Wildman–Crippen MR) is 99.8 cm³/mol. The zero-order chi connectivity index (χ0) is 18.5. The van der Waals surface area contributed by atoms with E-state index >= 15 is 0 Å². The van der Waals surface area contributed by atoms with Gasteiger partial charge in [-0.05, 0) is 36.1 Å². The van der Waals surface area contributed by atoms with Gasteiger partial charge in [-0.1, -0.05) is 18.2 Å². The van der Waals surface area contributed by atoms with Crippen LogP contribution in [0.4, 0.5) is 10.5 Å². The molecule has 0 atom stereocenters. The number of primary amides is 1. The number of nitrogens with zero attached hydrogens (tertiary/aromatic N) is 1. The van der Waals surface area contributed by atoms with Crippen LogP contribution in [0, 0.1) is 6.92 Å². The normalized spacial score (nSPS) is 10.5. The minimum atomic E-state index is -0.615. The van der Waals surface area contributed by atoms with E-state index in [1.54, 1.807) is 19.1 Å². The summed E-state index contributed by atoms with van der Waals surface area (Å²) in [6.07, 6.45) is 0.155. The molecule has 7 nitrogen and oxygen atoms in total. The minimum Gasteiger partial charge on any atom is -0.440 e. The Kier molecular flexibility index (Phi) is 5.33. The fourth-order valence-corrected chi connectivity index (χ4v) is 3.01. The first-order valence-electron chi connectivity index (χ1n) is 7.93. The highest BCUT2D eigenvalue weighted by molar-refractivity contribution is 7.13. The molecule has 1 aromatic carbocycles. The highest BCUT2D eigenvalue weighted by Crippen LogP contribution is 2.26. The number of anilines is 1. The molecule has 0 aliphatic rings. The molecule has 2 heterocycles. The van der Waals surface area contributed by atoms with Gasteiger partial charge in [0.05, 0.1) is 17.0 Å². The van der Waals surface area contributed by atoms with Crippen molar-refractivity contribution in [2.24, 2.45) is 5.73 Å². The molecule has 3 aromatic rings. The molecule has 0 fully saturated rings. The first-order valence-corrected chi connectivity index (χ1v) is 8.81. The lowest BCUT2D eigenvalue weighted by Crippen LogP contribution is -2.25. The Labute approximate surface area is 154 Å². The maximum absolute atomic E-state index is 12.2. The zero-order valence-corrected chi connectivity index (χ0v) is 14.9. The average Bonchev–Trinajstić information content (AvgIpc) is 3.24. The number of amides is 3. The molecule has 0 saturated heterocycles. The van der Waals surface area contributed by atoms with Crippen LogP contribution in [0.25, 0.3) is 10.8 Å². The Morgan fingerprint density at radius 2 is 2.00 bits per heavy atom. The van der Waals surface area contributed by atoms with Gasteiger partial charge in [-0.15, -0.1) is 11.3 Å². The van der Waals surface area contributed by atoms with Gasteiger partial charge in [0.2, 0.25) is 11.8 Å². The van der Waals surface area contributed by atoms with Gasteiger partial charge in [0.15, 0.2) is 0 Å². The van der Waals surface area contributed by atoms with Crippen LogP contribution < -0.4 is 16.4 Å². The average molecular weight is 370 g/mol. The number of rotatable bonds is 6. The number of oxazole rings is 1. The molecule has 4 N–H and O–H groups in total. The summed E-state index contributed by atoms with van der Waals surface area (Å²) in [7, 11) is 0. The van der Waals surface area contributed by atoms with Gasteiger partial charge in [-0.3, -0.25) is 4.79 Å². The second kappa shape index (κ2) is 7.83. The third-order valence-corrected chi connectivity index (χ3v) is 4.52. The number of aryl methyl sites for hydroxylation is 1. The van der Waals surface area contributed by atoms with Gasteiger partial charge in [0.25, 0.3) is 0 Å². The smallest absolute Gasteiger partial charge is 0.316 e. The molecular weight excluding hydrogens is 352 g/mol. The number of benzene rings is 1. The molecule has 0 saturated carbocycles. The highest BCUT2D eigenvalue weighted by Gasteiger charge is 2.15. The van der Waals surface area contributed by atoms with Gasteiger partial charge < -0.3 is 20.8 Å². The van der Waals surface area contributed by atoms with Gasteiger partial charge in [-0.2, -0.15) is 0 Å². The lowest BCUT2D eigenvalue weighted by molar-refractivity contribution is -0.120. The summed E-state index contributed by atoms with van der Waals surface area (Å²) in [5, 5.41) is 7.28. The number of carbonyl (C=O) groups excluding carboxylic acids is 2. The quantitative estimate of drug-likeness (QED) is 0.619. The minimum absolute atomic E-state index is 0.140.